The average Bonchev–Trinajstić information content (AvgIpc) is 2.90. The number of hydrogen-bond donors (Lipinski definition) is 2. The van der Waals surface area contributed by atoms with Crippen molar-refractivity contribution in [3.63, 3.8) is 0 Å². The van der Waals surface area contributed by atoms with E-state index in [0.717, 1.165) is 12.4 Å². The molecule has 0 amide bonds. The second kappa shape index (κ2) is 5.64. The van der Waals surface area contributed by atoms with Crippen LogP contribution >= 0.6 is 0 Å². The van der Waals surface area contributed by atoms with Crippen molar-refractivity contribution in [2.24, 2.45) is 0 Å². The maximum atomic E-state index is 4.13. The van der Waals surface area contributed by atoms with Gasteiger partial charge in [0.25, 0.3) is 0 Å². The van der Waals surface area contributed by atoms with Crippen LogP contribution in [0.25, 0.3) is 0 Å². The molecule has 2 aromatic rings. The first-order valence-electron chi connectivity index (χ1n) is 6.01. The van der Waals surface area contributed by atoms with Crippen LogP contribution in [0, 0.1) is 0 Å². The number of H-pyrrole nitrogens is 1. The molecule has 1 heterocycles. The molecule has 0 aliphatic carbocycles. The topological polar surface area (TPSA) is 56.8 Å². The fraction of sp³-hybridized carbons (Fsp3) is 0.385. The number of hydrogen-bond acceptors (Lipinski definition) is 4. The molecule has 1 unspecified atom stereocenters. The van der Waals surface area contributed by atoms with Crippen LogP contribution in [0.5, 0.6) is 0 Å². The predicted molar refractivity (Wildman–Crippen MR) is 72.4 cm³/mol. The first kappa shape index (κ1) is 12.6. The summed E-state index contributed by atoms with van der Waals surface area (Å²) in [4.78, 5) is 6.22. The molecule has 18 heavy (non-hydrogen) atoms. The smallest absolute Gasteiger partial charge is 0.141 e. The normalized spacial score (nSPS) is 12.4. The molecule has 0 spiro atoms. The van der Waals surface area contributed by atoms with Crippen molar-refractivity contribution in [2.45, 2.75) is 19.5 Å². The van der Waals surface area contributed by atoms with E-state index in [1.165, 1.54) is 17.6 Å². The minimum absolute atomic E-state index is 0.168. The third-order valence-electron chi connectivity index (χ3n) is 2.91. The molecule has 0 bridgehead atoms. The third-order valence-corrected chi connectivity index (χ3v) is 2.91. The van der Waals surface area contributed by atoms with E-state index in [1.54, 1.807) is 0 Å². The lowest BCUT2D eigenvalue weighted by molar-refractivity contribution is 0.548. The molecule has 1 aromatic heterocycles. The number of rotatable bonds is 5. The lowest BCUT2D eigenvalue weighted by atomic mass is 10.2. The van der Waals surface area contributed by atoms with Crippen molar-refractivity contribution in [2.75, 3.05) is 19.0 Å². The minimum atomic E-state index is 0.168. The first-order valence-corrected chi connectivity index (χ1v) is 6.01. The molecule has 2 rings (SSSR count). The maximum Gasteiger partial charge on any atom is 0.141 e. The van der Waals surface area contributed by atoms with Gasteiger partial charge in [-0.25, -0.2) is 4.98 Å². The number of nitrogens with zero attached hydrogens (tertiary/aromatic N) is 3. The molecular formula is C13H19N5. The van der Waals surface area contributed by atoms with E-state index in [1.807, 2.05) is 14.1 Å². The van der Waals surface area contributed by atoms with Crippen LogP contribution in [0.15, 0.2) is 30.6 Å². The second-order valence-corrected chi connectivity index (χ2v) is 4.53. The van der Waals surface area contributed by atoms with Gasteiger partial charge in [0.15, 0.2) is 0 Å². The molecule has 2 N–H and O–H groups in total. The molecule has 5 nitrogen and oxygen atoms in total. The van der Waals surface area contributed by atoms with E-state index in [2.05, 4.69) is 56.6 Å². The van der Waals surface area contributed by atoms with E-state index in [0.29, 0.717) is 0 Å². The average molecular weight is 245 g/mol. The summed E-state index contributed by atoms with van der Waals surface area (Å²) < 4.78 is 0. The zero-order valence-electron chi connectivity index (χ0n) is 11.0. The van der Waals surface area contributed by atoms with Gasteiger partial charge in [-0.3, -0.25) is 5.10 Å². The summed E-state index contributed by atoms with van der Waals surface area (Å²) in [5, 5.41) is 10.1. The Kier molecular flexibility index (Phi) is 3.94. The van der Waals surface area contributed by atoms with Gasteiger partial charge in [-0.2, -0.15) is 5.10 Å². The van der Waals surface area contributed by atoms with E-state index in [-0.39, 0.29) is 6.04 Å². The highest BCUT2D eigenvalue weighted by atomic mass is 15.2. The summed E-state index contributed by atoms with van der Waals surface area (Å²) in [6, 6.07) is 8.68. The van der Waals surface area contributed by atoms with Crippen molar-refractivity contribution in [3.8, 4) is 0 Å². The van der Waals surface area contributed by atoms with Crippen molar-refractivity contribution < 1.29 is 0 Å². The Morgan fingerprint density at radius 3 is 2.56 bits per heavy atom. The molecule has 1 atom stereocenters. The minimum Gasteiger partial charge on any atom is -0.378 e. The van der Waals surface area contributed by atoms with Crippen molar-refractivity contribution in [1.29, 1.82) is 0 Å². The summed E-state index contributed by atoms with van der Waals surface area (Å²) in [7, 11) is 4.08. The number of anilines is 1. The molecule has 0 saturated heterocycles. The highest BCUT2D eigenvalue weighted by Crippen LogP contribution is 2.13. The first-order chi connectivity index (χ1) is 8.66. The molecule has 0 fully saturated rings. The number of aromatic nitrogens is 3. The van der Waals surface area contributed by atoms with E-state index < -0.39 is 0 Å². The molecule has 0 aliphatic heterocycles. The monoisotopic (exact) mass is 245 g/mol. The van der Waals surface area contributed by atoms with Crippen LogP contribution in [-0.4, -0.2) is 29.3 Å². The Labute approximate surface area is 107 Å². The molecule has 0 radical (unpaired) electrons. The van der Waals surface area contributed by atoms with Gasteiger partial charge in [0.1, 0.15) is 12.2 Å². The third kappa shape index (κ3) is 3.07. The highest BCUT2D eigenvalue weighted by Gasteiger charge is 2.07. The standard InChI is InChI=1S/C13H19N5/c1-10(13-15-9-16-17-13)14-8-11-4-6-12(7-5-11)18(2)3/h4-7,9-10,14H,8H2,1-3H3,(H,15,16,17). The Bertz CT molecular complexity index is 461. The van der Waals surface area contributed by atoms with Gasteiger partial charge in [0, 0.05) is 26.3 Å². The Balaban J connectivity index is 1.90. The van der Waals surface area contributed by atoms with Crippen LogP contribution < -0.4 is 10.2 Å². The van der Waals surface area contributed by atoms with Crippen molar-refractivity contribution >= 4 is 5.69 Å². The quantitative estimate of drug-likeness (QED) is 0.842. The predicted octanol–water partition coefficient (Wildman–Crippen LogP) is 1.72. The van der Waals surface area contributed by atoms with Crippen molar-refractivity contribution in [1.82, 2.24) is 20.5 Å². The van der Waals surface area contributed by atoms with E-state index >= 15 is 0 Å². The van der Waals surface area contributed by atoms with Crippen molar-refractivity contribution in [3.05, 3.63) is 42.0 Å². The van der Waals surface area contributed by atoms with Gasteiger partial charge in [0.2, 0.25) is 0 Å². The number of nitrogens with one attached hydrogen (secondary N) is 2. The molecular weight excluding hydrogens is 226 g/mol. The van der Waals surface area contributed by atoms with Gasteiger partial charge in [0.05, 0.1) is 6.04 Å². The zero-order chi connectivity index (χ0) is 13.0. The zero-order valence-corrected chi connectivity index (χ0v) is 11.0. The summed E-state index contributed by atoms with van der Waals surface area (Å²) in [6.07, 6.45) is 1.53. The van der Waals surface area contributed by atoms with E-state index in [4.69, 9.17) is 0 Å². The van der Waals surface area contributed by atoms with Crippen LogP contribution in [0.3, 0.4) is 0 Å². The van der Waals surface area contributed by atoms with Crippen LogP contribution in [0.2, 0.25) is 0 Å². The molecule has 0 aliphatic rings. The molecule has 96 valence electrons. The van der Waals surface area contributed by atoms with Gasteiger partial charge >= 0.3 is 0 Å². The fourth-order valence-corrected chi connectivity index (χ4v) is 1.70. The SMILES string of the molecule is CC(NCc1ccc(N(C)C)cc1)c1ncn[nH]1. The summed E-state index contributed by atoms with van der Waals surface area (Å²) in [5.41, 5.74) is 2.47. The Hall–Kier alpha value is -1.88. The van der Waals surface area contributed by atoms with Gasteiger partial charge in [-0.1, -0.05) is 12.1 Å². The van der Waals surface area contributed by atoms with Crippen LogP contribution in [-0.2, 0) is 6.54 Å². The summed E-state index contributed by atoms with van der Waals surface area (Å²) in [6.45, 7) is 2.88. The summed E-state index contributed by atoms with van der Waals surface area (Å²) >= 11 is 0. The Morgan fingerprint density at radius 1 is 1.28 bits per heavy atom. The summed E-state index contributed by atoms with van der Waals surface area (Å²) in [5.74, 6) is 0.861. The van der Waals surface area contributed by atoms with Crippen LogP contribution in [0.1, 0.15) is 24.4 Å². The highest BCUT2D eigenvalue weighted by molar-refractivity contribution is 5.45. The van der Waals surface area contributed by atoms with Gasteiger partial charge in [-0.15, -0.1) is 0 Å². The van der Waals surface area contributed by atoms with Gasteiger partial charge < -0.3 is 10.2 Å². The number of aromatic amines is 1. The lowest BCUT2D eigenvalue weighted by Gasteiger charge is -2.14. The molecule has 1 aromatic carbocycles. The largest absolute Gasteiger partial charge is 0.378 e. The Morgan fingerprint density at radius 2 is 2.00 bits per heavy atom. The molecule has 5 heteroatoms. The maximum absolute atomic E-state index is 4.13. The fourth-order valence-electron chi connectivity index (χ4n) is 1.70. The number of benzene rings is 1. The lowest BCUT2D eigenvalue weighted by Crippen LogP contribution is -2.19. The van der Waals surface area contributed by atoms with Crippen LogP contribution in [0.4, 0.5) is 5.69 Å². The molecule has 0 saturated carbocycles. The second-order valence-electron chi connectivity index (χ2n) is 4.53. The van der Waals surface area contributed by atoms with E-state index in [9.17, 15) is 0 Å². The van der Waals surface area contributed by atoms with Gasteiger partial charge in [-0.05, 0) is 24.6 Å².